The predicted molar refractivity (Wildman–Crippen MR) is 69.6 cm³/mol. The molecule has 5 heteroatoms. The molecule has 2 rings (SSSR count). The number of hydrogen-bond acceptors (Lipinski definition) is 3. The fourth-order valence-electron chi connectivity index (χ4n) is 2.38. The molecule has 0 amide bonds. The zero-order chi connectivity index (χ0) is 13.2. The Morgan fingerprint density at radius 3 is 2.89 bits per heavy atom. The van der Waals surface area contributed by atoms with Crippen molar-refractivity contribution in [2.45, 2.75) is 31.8 Å². The van der Waals surface area contributed by atoms with Gasteiger partial charge in [0.15, 0.2) is 9.84 Å². The van der Waals surface area contributed by atoms with E-state index in [0.717, 1.165) is 12.0 Å². The van der Waals surface area contributed by atoms with Crippen LogP contribution in [0.1, 0.15) is 31.4 Å². The number of rotatable bonds is 3. The number of halogens is 1. The Morgan fingerprint density at radius 2 is 2.22 bits per heavy atom. The Hall–Kier alpha value is -0.940. The highest BCUT2D eigenvalue weighted by Crippen LogP contribution is 2.18. The molecule has 0 radical (unpaired) electrons. The highest BCUT2D eigenvalue weighted by Gasteiger charge is 2.25. The number of benzene rings is 1. The van der Waals surface area contributed by atoms with Gasteiger partial charge in [-0.1, -0.05) is 12.1 Å². The monoisotopic (exact) mass is 271 g/mol. The van der Waals surface area contributed by atoms with E-state index in [1.54, 1.807) is 6.07 Å². The van der Waals surface area contributed by atoms with Gasteiger partial charge in [-0.25, -0.2) is 12.8 Å². The van der Waals surface area contributed by atoms with E-state index in [0.29, 0.717) is 12.2 Å². The molecule has 1 aromatic carbocycles. The molecule has 1 aliphatic rings. The van der Waals surface area contributed by atoms with Crippen molar-refractivity contribution >= 4 is 9.84 Å². The molecule has 18 heavy (non-hydrogen) atoms. The molecule has 0 bridgehead atoms. The van der Waals surface area contributed by atoms with Gasteiger partial charge < -0.3 is 5.32 Å². The van der Waals surface area contributed by atoms with Gasteiger partial charge in [0.25, 0.3) is 0 Å². The van der Waals surface area contributed by atoms with Crippen molar-refractivity contribution in [3.8, 4) is 0 Å². The van der Waals surface area contributed by atoms with Crippen LogP contribution >= 0.6 is 0 Å². The van der Waals surface area contributed by atoms with Crippen LogP contribution in [0.15, 0.2) is 24.3 Å². The third-order valence-corrected chi connectivity index (χ3v) is 5.12. The van der Waals surface area contributed by atoms with E-state index in [4.69, 9.17) is 0 Å². The van der Waals surface area contributed by atoms with E-state index in [9.17, 15) is 12.8 Å². The van der Waals surface area contributed by atoms with E-state index < -0.39 is 9.84 Å². The number of hydrogen-bond donors (Lipinski definition) is 1. The summed E-state index contributed by atoms with van der Waals surface area (Å²) in [4.78, 5) is 0. The van der Waals surface area contributed by atoms with Gasteiger partial charge in [-0.2, -0.15) is 0 Å². The number of sulfone groups is 1. The highest BCUT2D eigenvalue weighted by molar-refractivity contribution is 7.91. The van der Waals surface area contributed by atoms with Crippen LogP contribution in [0.5, 0.6) is 0 Å². The molecule has 0 saturated carbocycles. The maximum atomic E-state index is 13.1. The average Bonchev–Trinajstić information content (AvgIpc) is 2.27. The lowest BCUT2D eigenvalue weighted by atomic mass is 10.1. The van der Waals surface area contributed by atoms with Gasteiger partial charge in [-0.3, -0.25) is 0 Å². The lowest BCUT2D eigenvalue weighted by Crippen LogP contribution is -2.41. The highest BCUT2D eigenvalue weighted by atomic mass is 32.2. The summed E-state index contributed by atoms with van der Waals surface area (Å²) in [6.07, 6.45) is 1.56. The second kappa shape index (κ2) is 5.36. The van der Waals surface area contributed by atoms with E-state index in [-0.39, 0.29) is 23.7 Å². The van der Waals surface area contributed by atoms with Gasteiger partial charge in [0, 0.05) is 12.1 Å². The zero-order valence-electron chi connectivity index (χ0n) is 10.4. The van der Waals surface area contributed by atoms with Crippen molar-refractivity contribution in [1.82, 2.24) is 5.32 Å². The molecular weight excluding hydrogens is 253 g/mol. The van der Waals surface area contributed by atoms with Gasteiger partial charge in [0.2, 0.25) is 0 Å². The van der Waals surface area contributed by atoms with Crippen LogP contribution in [-0.4, -0.2) is 26.0 Å². The summed E-state index contributed by atoms with van der Waals surface area (Å²) in [6, 6.07) is 6.33. The first kappa shape index (κ1) is 13.5. The van der Waals surface area contributed by atoms with E-state index in [1.807, 2.05) is 13.0 Å². The van der Waals surface area contributed by atoms with Gasteiger partial charge in [-0.15, -0.1) is 0 Å². The minimum absolute atomic E-state index is 0.0259. The maximum absolute atomic E-state index is 13.1. The topological polar surface area (TPSA) is 46.2 Å². The van der Waals surface area contributed by atoms with E-state index >= 15 is 0 Å². The van der Waals surface area contributed by atoms with Crippen molar-refractivity contribution in [1.29, 1.82) is 0 Å². The molecule has 0 spiro atoms. The summed E-state index contributed by atoms with van der Waals surface area (Å²) >= 11 is 0. The Morgan fingerprint density at radius 1 is 1.44 bits per heavy atom. The van der Waals surface area contributed by atoms with Crippen LogP contribution in [-0.2, 0) is 9.84 Å². The van der Waals surface area contributed by atoms with Crippen LogP contribution in [0.25, 0.3) is 0 Å². The third-order valence-electron chi connectivity index (χ3n) is 3.30. The second-order valence-electron chi connectivity index (χ2n) is 4.90. The van der Waals surface area contributed by atoms with E-state index in [2.05, 4.69) is 5.32 Å². The SMILES string of the molecule is C[C@H](NC1CCCS(=O)(=O)C1)c1cccc(F)c1. The second-order valence-corrected chi connectivity index (χ2v) is 7.13. The minimum atomic E-state index is -2.90. The summed E-state index contributed by atoms with van der Waals surface area (Å²) in [5.74, 6) is 0.212. The molecule has 3 nitrogen and oxygen atoms in total. The van der Waals surface area contributed by atoms with Crippen molar-refractivity contribution in [3.05, 3.63) is 35.6 Å². The van der Waals surface area contributed by atoms with Crippen molar-refractivity contribution in [2.24, 2.45) is 0 Å². The molecule has 1 N–H and O–H groups in total. The Labute approximate surface area is 107 Å². The van der Waals surface area contributed by atoms with Gasteiger partial charge >= 0.3 is 0 Å². The lowest BCUT2D eigenvalue weighted by molar-refractivity contribution is 0.436. The summed E-state index contributed by atoms with van der Waals surface area (Å²) in [6.45, 7) is 1.93. The molecule has 1 fully saturated rings. The molecule has 2 atom stereocenters. The molecule has 1 heterocycles. The quantitative estimate of drug-likeness (QED) is 0.915. The fourth-order valence-corrected chi connectivity index (χ4v) is 4.03. The van der Waals surface area contributed by atoms with Crippen LogP contribution in [0.3, 0.4) is 0 Å². The molecule has 100 valence electrons. The van der Waals surface area contributed by atoms with Gasteiger partial charge in [-0.05, 0) is 37.5 Å². The normalized spacial score (nSPS) is 24.7. The number of nitrogens with one attached hydrogen (secondary N) is 1. The molecule has 1 aliphatic heterocycles. The molecular formula is C13H18FNO2S. The molecule has 0 aliphatic carbocycles. The summed E-state index contributed by atoms with van der Waals surface area (Å²) in [7, 11) is -2.90. The Balaban J connectivity index is 2.01. The smallest absolute Gasteiger partial charge is 0.151 e. The maximum Gasteiger partial charge on any atom is 0.151 e. The van der Waals surface area contributed by atoms with Crippen molar-refractivity contribution in [2.75, 3.05) is 11.5 Å². The van der Waals surface area contributed by atoms with Crippen LogP contribution < -0.4 is 5.32 Å². The summed E-state index contributed by atoms with van der Waals surface area (Å²) in [5.41, 5.74) is 0.845. The molecule has 1 saturated heterocycles. The van der Waals surface area contributed by atoms with Crippen molar-refractivity contribution in [3.63, 3.8) is 0 Å². The molecule has 1 unspecified atom stereocenters. The van der Waals surface area contributed by atoms with Crippen LogP contribution in [0.4, 0.5) is 4.39 Å². The first-order valence-corrected chi connectivity index (χ1v) is 8.00. The van der Waals surface area contributed by atoms with Crippen LogP contribution in [0, 0.1) is 5.82 Å². The Kier molecular flexibility index (Phi) is 4.02. The fraction of sp³-hybridized carbons (Fsp3) is 0.538. The first-order chi connectivity index (χ1) is 8.46. The summed E-state index contributed by atoms with van der Waals surface area (Å²) in [5, 5.41) is 3.27. The van der Waals surface area contributed by atoms with E-state index in [1.165, 1.54) is 12.1 Å². The van der Waals surface area contributed by atoms with Crippen LogP contribution in [0.2, 0.25) is 0 Å². The van der Waals surface area contributed by atoms with Gasteiger partial charge in [0.1, 0.15) is 5.82 Å². The zero-order valence-corrected chi connectivity index (χ0v) is 11.2. The van der Waals surface area contributed by atoms with Crippen molar-refractivity contribution < 1.29 is 12.8 Å². The third kappa shape index (κ3) is 3.53. The summed E-state index contributed by atoms with van der Waals surface area (Å²) < 4.78 is 36.2. The standard InChI is InChI=1S/C13H18FNO2S/c1-10(11-4-2-5-12(14)8-11)15-13-6-3-7-18(16,17)9-13/h2,4-5,8,10,13,15H,3,6-7,9H2,1H3/t10-,13?/m0/s1. The Bertz CT molecular complexity index is 515. The predicted octanol–water partition coefficient (Wildman–Crippen LogP) is 2.05. The average molecular weight is 271 g/mol. The molecule has 1 aromatic rings. The first-order valence-electron chi connectivity index (χ1n) is 6.18. The molecule has 0 aromatic heterocycles. The van der Waals surface area contributed by atoms with Gasteiger partial charge in [0.05, 0.1) is 11.5 Å². The largest absolute Gasteiger partial charge is 0.306 e. The minimum Gasteiger partial charge on any atom is -0.306 e. The lowest BCUT2D eigenvalue weighted by Gasteiger charge is -2.26.